The molecule has 0 saturated heterocycles. The van der Waals surface area contributed by atoms with E-state index in [2.05, 4.69) is 12.1 Å². The molecule has 3 aromatic rings. The van der Waals surface area contributed by atoms with Crippen molar-refractivity contribution in [2.75, 3.05) is 34.9 Å². The number of methoxy groups -OCH3 is 3. The minimum atomic E-state index is -0.312. The monoisotopic (exact) mass is 473 g/mol. The predicted molar refractivity (Wildman–Crippen MR) is 136 cm³/mol. The zero-order valence-electron chi connectivity index (χ0n) is 20.6. The van der Waals surface area contributed by atoms with Crippen molar-refractivity contribution in [2.24, 2.45) is 5.10 Å². The molecule has 1 aliphatic rings. The molecule has 182 valence electrons. The maximum Gasteiger partial charge on any atom is 0.257 e. The Bertz CT molecular complexity index is 1200. The molecule has 1 heterocycles. The van der Waals surface area contributed by atoms with Crippen LogP contribution in [0.2, 0.25) is 0 Å². The number of hydrogen-bond donors (Lipinski definition) is 0. The van der Waals surface area contributed by atoms with Crippen molar-refractivity contribution in [3.63, 3.8) is 0 Å². The molecule has 0 N–H and O–H groups in total. The summed E-state index contributed by atoms with van der Waals surface area (Å²) in [7, 11) is 6.81. The molecule has 0 aliphatic carbocycles. The van der Waals surface area contributed by atoms with Crippen LogP contribution in [0.5, 0.6) is 17.2 Å². The SMILES string of the molecule is COc1ccc(C2CC(c3ccccc3OC)=NN2C(=O)CN(C)Cc2ccccc2)c(OC)c1. The van der Waals surface area contributed by atoms with E-state index < -0.39 is 0 Å². The van der Waals surface area contributed by atoms with Crippen LogP contribution in [-0.4, -0.2) is 56.4 Å². The Labute approximate surface area is 206 Å². The summed E-state index contributed by atoms with van der Waals surface area (Å²) in [4.78, 5) is 15.6. The molecule has 1 unspecified atom stereocenters. The third-order valence-corrected chi connectivity index (χ3v) is 6.08. The highest BCUT2D eigenvalue weighted by atomic mass is 16.5. The largest absolute Gasteiger partial charge is 0.497 e. The third kappa shape index (κ3) is 5.46. The molecular formula is C28H31N3O4. The maximum atomic E-state index is 13.6. The Balaban J connectivity index is 1.65. The van der Waals surface area contributed by atoms with E-state index in [1.165, 1.54) is 0 Å². The second-order valence-corrected chi connectivity index (χ2v) is 8.47. The van der Waals surface area contributed by atoms with E-state index in [1.54, 1.807) is 26.3 Å². The van der Waals surface area contributed by atoms with Gasteiger partial charge in [0.1, 0.15) is 17.2 Å². The van der Waals surface area contributed by atoms with E-state index in [0.717, 1.165) is 28.2 Å². The van der Waals surface area contributed by atoms with Gasteiger partial charge in [-0.1, -0.05) is 42.5 Å². The van der Waals surface area contributed by atoms with Crippen LogP contribution in [0.1, 0.15) is 29.2 Å². The molecule has 1 atom stereocenters. The molecule has 0 saturated carbocycles. The Hall–Kier alpha value is -3.84. The second-order valence-electron chi connectivity index (χ2n) is 8.47. The fourth-order valence-corrected chi connectivity index (χ4v) is 4.38. The number of nitrogens with zero attached hydrogens (tertiary/aromatic N) is 3. The van der Waals surface area contributed by atoms with Crippen LogP contribution in [0.4, 0.5) is 0 Å². The van der Waals surface area contributed by atoms with E-state index in [0.29, 0.717) is 24.5 Å². The number of rotatable bonds is 9. The number of hydrazone groups is 1. The number of likely N-dealkylation sites (N-methyl/N-ethyl adjacent to an activating group) is 1. The van der Waals surface area contributed by atoms with Crippen molar-refractivity contribution < 1.29 is 19.0 Å². The smallest absolute Gasteiger partial charge is 0.257 e. The molecule has 7 nitrogen and oxygen atoms in total. The quantitative estimate of drug-likeness (QED) is 0.457. The van der Waals surface area contributed by atoms with Crippen LogP contribution < -0.4 is 14.2 Å². The zero-order chi connectivity index (χ0) is 24.8. The average molecular weight is 474 g/mol. The predicted octanol–water partition coefficient (Wildman–Crippen LogP) is 4.52. The molecule has 7 heteroatoms. The van der Waals surface area contributed by atoms with Crippen LogP contribution in [0, 0.1) is 0 Å². The van der Waals surface area contributed by atoms with Crippen LogP contribution in [0.25, 0.3) is 0 Å². The summed E-state index contributed by atoms with van der Waals surface area (Å²) in [5.41, 5.74) is 3.70. The number of para-hydroxylation sites is 1. The highest BCUT2D eigenvalue weighted by molar-refractivity contribution is 6.05. The second kappa shape index (κ2) is 11.1. The lowest BCUT2D eigenvalue weighted by Gasteiger charge is -2.26. The van der Waals surface area contributed by atoms with Gasteiger partial charge in [-0.25, -0.2) is 5.01 Å². The van der Waals surface area contributed by atoms with Crippen LogP contribution in [0.15, 0.2) is 77.9 Å². The number of hydrogen-bond acceptors (Lipinski definition) is 6. The van der Waals surface area contributed by atoms with Gasteiger partial charge in [-0.15, -0.1) is 0 Å². The molecule has 3 aromatic carbocycles. The van der Waals surface area contributed by atoms with Crippen LogP contribution in [-0.2, 0) is 11.3 Å². The minimum absolute atomic E-state index is 0.0869. The summed E-state index contributed by atoms with van der Waals surface area (Å²) >= 11 is 0. The van der Waals surface area contributed by atoms with Crippen molar-refractivity contribution in [1.82, 2.24) is 9.91 Å². The number of carbonyl (C=O) groups is 1. The molecule has 4 rings (SSSR count). The molecule has 0 fully saturated rings. The van der Waals surface area contributed by atoms with Gasteiger partial charge in [-0.3, -0.25) is 9.69 Å². The van der Waals surface area contributed by atoms with Gasteiger partial charge in [0, 0.05) is 30.2 Å². The Morgan fingerprint density at radius 3 is 2.37 bits per heavy atom. The molecule has 0 bridgehead atoms. The summed E-state index contributed by atoms with van der Waals surface area (Å²) in [6.07, 6.45) is 0.539. The van der Waals surface area contributed by atoms with Crippen molar-refractivity contribution in [3.8, 4) is 17.2 Å². The Morgan fingerprint density at radius 2 is 1.66 bits per heavy atom. The number of ether oxygens (including phenoxy) is 3. The van der Waals surface area contributed by atoms with E-state index in [-0.39, 0.29) is 18.5 Å². The maximum absolute atomic E-state index is 13.6. The topological polar surface area (TPSA) is 63.6 Å². The first-order chi connectivity index (χ1) is 17.0. The van der Waals surface area contributed by atoms with E-state index in [4.69, 9.17) is 19.3 Å². The van der Waals surface area contributed by atoms with E-state index >= 15 is 0 Å². The first-order valence-corrected chi connectivity index (χ1v) is 11.5. The fraction of sp³-hybridized carbons (Fsp3) is 0.286. The normalized spacial score (nSPS) is 15.2. The molecule has 0 aromatic heterocycles. The van der Waals surface area contributed by atoms with Gasteiger partial charge < -0.3 is 14.2 Å². The van der Waals surface area contributed by atoms with Gasteiger partial charge in [-0.2, -0.15) is 5.10 Å². The average Bonchev–Trinajstić information content (AvgIpc) is 3.34. The van der Waals surface area contributed by atoms with Gasteiger partial charge >= 0.3 is 0 Å². The summed E-state index contributed by atoms with van der Waals surface area (Å²) < 4.78 is 16.6. The van der Waals surface area contributed by atoms with E-state index in [9.17, 15) is 4.79 Å². The zero-order valence-corrected chi connectivity index (χ0v) is 20.6. The molecule has 0 spiro atoms. The molecule has 1 aliphatic heterocycles. The number of carbonyl (C=O) groups excluding carboxylic acids is 1. The lowest BCUT2D eigenvalue weighted by atomic mass is 9.97. The lowest BCUT2D eigenvalue weighted by molar-refractivity contribution is -0.134. The molecule has 35 heavy (non-hydrogen) atoms. The number of amides is 1. The summed E-state index contributed by atoms with van der Waals surface area (Å²) in [5.74, 6) is 1.98. The highest BCUT2D eigenvalue weighted by Crippen LogP contribution is 2.40. The Kier molecular flexibility index (Phi) is 7.67. The summed E-state index contributed by atoms with van der Waals surface area (Å²) in [6, 6.07) is 23.2. The molecule has 1 amide bonds. The van der Waals surface area contributed by atoms with Crippen molar-refractivity contribution in [2.45, 2.75) is 19.0 Å². The van der Waals surface area contributed by atoms with E-state index in [1.807, 2.05) is 72.6 Å². The van der Waals surface area contributed by atoms with Crippen molar-refractivity contribution in [1.29, 1.82) is 0 Å². The van der Waals surface area contributed by atoms with Crippen LogP contribution >= 0.6 is 0 Å². The minimum Gasteiger partial charge on any atom is -0.497 e. The van der Waals surface area contributed by atoms with Gasteiger partial charge in [0.05, 0.1) is 39.6 Å². The first kappa shape index (κ1) is 24.3. The lowest BCUT2D eigenvalue weighted by Crippen LogP contribution is -2.36. The van der Waals surface area contributed by atoms with Gasteiger partial charge in [-0.05, 0) is 36.9 Å². The number of benzene rings is 3. The standard InChI is InChI=1S/C28H31N3O4/c1-30(18-20-10-6-5-7-11-20)19-28(32)31-25(23-15-14-21(33-2)16-27(23)35-4)17-24(29-31)22-12-8-9-13-26(22)34-3/h5-16,25H,17-19H2,1-4H3. The van der Waals surface area contributed by atoms with Crippen molar-refractivity contribution >= 4 is 11.6 Å². The Morgan fingerprint density at radius 1 is 0.943 bits per heavy atom. The van der Waals surface area contributed by atoms with Gasteiger partial charge in [0.2, 0.25) is 0 Å². The first-order valence-electron chi connectivity index (χ1n) is 11.5. The van der Waals surface area contributed by atoms with Crippen LogP contribution in [0.3, 0.4) is 0 Å². The summed E-state index contributed by atoms with van der Waals surface area (Å²) in [6.45, 7) is 0.895. The van der Waals surface area contributed by atoms with Gasteiger partial charge in [0.25, 0.3) is 5.91 Å². The highest BCUT2D eigenvalue weighted by Gasteiger charge is 2.36. The van der Waals surface area contributed by atoms with Crippen molar-refractivity contribution in [3.05, 3.63) is 89.5 Å². The summed E-state index contributed by atoms with van der Waals surface area (Å²) in [5, 5.41) is 6.40. The fourth-order valence-electron chi connectivity index (χ4n) is 4.38. The molecule has 0 radical (unpaired) electrons. The van der Waals surface area contributed by atoms with Gasteiger partial charge in [0.15, 0.2) is 0 Å². The third-order valence-electron chi connectivity index (χ3n) is 6.08. The molecular weight excluding hydrogens is 442 g/mol.